The first-order chi connectivity index (χ1) is 15.4. The van der Waals surface area contributed by atoms with Crippen LogP contribution in [0.1, 0.15) is 19.4 Å². The van der Waals surface area contributed by atoms with E-state index in [1.165, 1.54) is 20.3 Å². The van der Waals surface area contributed by atoms with Crippen LogP contribution in [0.4, 0.5) is 0 Å². The highest BCUT2D eigenvalue weighted by molar-refractivity contribution is 5.91. The van der Waals surface area contributed by atoms with Crippen LogP contribution >= 0.6 is 0 Å². The molecule has 0 bridgehead atoms. The third kappa shape index (κ3) is 4.87. The maximum absolute atomic E-state index is 13.0. The van der Waals surface area contributed by atoms with Gasteiger partial charge in [-0.25, -0.2) is 0 Å². The van der Waals surface area contributed by atoms with Crippen molar-refractivity contribution in [2.75, 3.05) is 27.8 Å². The summed E-state index contributed by atoms with van der Waals surface area (Å²) in [4.78, 5) is 13.0. The summed E-state index contributed by atoms with van der Waals surface area (Å²) < 4.78 is 26.9. The van der Waals surface area contributed by atoms with Gasteiger partial charge in [-0.3, -0.25) is 4.79 Å². The largest absolute Gasteiger partial charge is 0.507 e. The van der Waals surface area contributed by atoms with Crippen molar-refractivity contribution in [1.82, 2.24) is 0 Å². The van der Waals surface area contributed by atoms with E-state index in [1.54, 1.807) is 24.3 Å². The molecule has 170 valence electrons. The number of rotatable bonds is 9. The molecule has 0 spiro atoms. The predicted octanol–water partition coefficient (Wildman–Crippen LogP) is 4.35. The molecule has 0 amide bonds. The minimum atomic E-state index is -0.741. The molecule has 2 aromatic carbocycles. The number of methoxy groups -OCH3 is 2. The van der Waals surface area contributed by atoms with E-state index < -0.39 is 11.2 Å². The summed E-state index contributed by atoms with van der Waals surface area (Å²) in [6.07, 6.45) is 2.33. The Bertz CT molecular complexity index is 1170. The van der Waals surface area contributed by atoms with E-state index in [4.69, 9.17) is 23.4 Å². The molecular weight excluding hydrogens is 416 g/mol. The number of hydrogen-bond acceptors (Lipinski definition) is 8. The van der Waals surface area contributed by atoms with E-state index in [0.29, 0.717) is 29.0 Å². The van der Waals surface area contributed by atoms with Gasteiger partial charge in [-0.1, -0.05) is 11.6 Å². The van der Waals surface area contributed by atoms with E-state index >= 15 is 0 Å². The lowest BCUT2D eigenvalue weighted by molar-refractivity contribution is 0.0504. The van der Waals surface area contributed by atoms with Crippen LogP contribution < -0.4 is 14.9 Å². The van der Waals surface area contributed by atoms with Gasteiger partial charge in [0.2, 0.25) is 11.2 Å². The van der Waals surface area contributed by atoms with Crippen LogP contribution in [0.2, 0.25) is 0 Å². The number of fused-ring (bicyclic) bond motifs is 1. The molecule has 0 saturated heterocycles. The lowest BCUT2D eigenvalue weighted by atomic mass is 10.0. The van der Waals surface area contributed by atoms with Crippen LogP contribution in [0, 0.1) is 0 Å². The van der Waals surface area contributed by atoms with E-state index in [0.717, 1.165) is 5.57 Å². The monoisotopic (exact) mass is 442 g/mol. The van der Waals surface area contributed by atoms with E-state index in [1.807, 2.05) is 19.9 Å². The molecule has 8 nitrogen and oxygen atoms in total. The van der Waals surface area contributed by atoms with Crippen molar-refractivity contribution in [2.24, 2.45) is 0 Å². The van der Waals surface area contributed by atoms with Crippen LogP contribution in [0.15, 0.2) is 51.2 Å². The molecule has 0 aliphatic heterocycles. The fourth-order valence-electron chi connectivity index (χ4n) is 3.14. The Morgan fingerprint density at radius 3 is 2.31 bits per heavy atom. The van der Waals surface area contributed by atoms with Crippen LogP contribution in [0.5, 0.6) is 23.0 Å². The van der Waals surface area contributed by atoms with Crippen molar-refractivity contribution in [1.29, 1.82) is 0 Å². The molecule has 0 unspecified atom stereocenters. The normalized spacial score (nSPS) is 10.9. The van der Waals surface area contributed by atoms with Crippen LogP contribution in [-0.4, -0.2) is 38.0 Å². The second-order valence-electron chi connectivity index (χ2n) is 7.30. The molecule has 0 aliphatic carbocycles. The minimum absolute atomic E-state index is 0.0254. The molecule has 1 aromatic heterocycles. The summed E-state index contributed by atoms with van der Waals surface area (Å²) in [7, 11) is 3.00. The van der Waals surface area contributed by atoms with Crippen molar-refractivity contribution >= 4 is 11.0 Å². The third-order valence-corrected chi connectivity index (χ3v) is 4.69. The lowest BCUT2D eigenvalue weighted by Gasteiger charge is -2.15. The van der Waals surface area contributed by atoms with Crippen molar-refractivity contribution in [3.05, 3.63) is 57.8 Å². The maximum Gasteiger partial charge on any atom is 0.238 e. The predicted molar refractivity (Wildman–Crippen MR) is 119 cm³/mol. The fourth-order valence-corrected chi connectivity index (χ4v) is 3.14. The Morgan fingerprint density at radius 2 is 1.69 bits per heavy atom. The standard InChI is InChI=1S/C24H26O8/c1-14(2)5-10-17-19(31-13-29-4)11-18(25)20-21(26)22(27)23(32-24(17)20)15-6-8-16(9-7-15)30-12-28-3/h5-9,11,25,27H,10,12-13H2,1-4H3. The summed E-state index contributed by atoms with van der Waals surface area (Å²) in [6, 6.07) is 7.95. The van der Waals surface area contributed by atoms with Gasteiger partial charge in [0.1, 0.15) is 28.2 Å². The Balaban J connectivity index is 2.23. The first kappa shape index (κ1) is 23.2. The molecule has 0 atom stereocenters. The van der Waals surface area contributed by atoms with Crippen molar-refractivity contribution in [3.8, 4) is 34.3 Å². The smallest absolute Gasteiger partial charge is 0.238 e. The van der Waals surface area contributed by atoms with Gasteiger partial charge >= 0.3 is 0 Å². The van der Waals surface area contributed by atoms with E-state index in [9.17, 15) is 15.0 Å². The van der Waals surface area contributed by atoms with Gasteiger partial charge in [0, 0.05) is 31.4 Å². The Hall–Kier alpha value is -3.49. The number of phenolic OH excluding ortho intramolecular Hbond substituents is 1. The summed E-state index contributed by atoms with van der Waals surface area (Å²) in [5.41, 5.74) is 1.45. The first-order valence-corrected chi connectivity index (χ1v) is 9.89. The molecule has 8 heteroatoms. The molecule has 2 N–H and O–H groups in total. The molecule has 32 heavy (non-hydrogen) atoms. The minimum Gasteiger partial charge on any atom is -0.507 e. The molecule has 0 saturated carbocycles. The second kappa shape index (κ2) is 10.2. The molecule has 1 heterocycles. The Kier molecular flexibility index (Phi) is 7.40. The first-order valence-electron chi connectivity index (χ1n) is 9.89. The number of ether oxygens (including phenoxy) is 4. The fraction of sp³-hybridized carbons (Fsp3) is 0.292. The zero-order valence-electron chi connectivity index (χ0n) is 18.4. The molecule has 0 fully saturated rings. The van der Waals surface area contributed by atoms with Crippen molar-refractivity contribution in [2.45, 2.75) is 20.3 Å². The number of allylic oxidation sites excluding steroid dienone is 2. The van der Waals surface area contributed by atoms with Gasteiger partial charge in [0.25, 0.3) is 0 Å². The van der Waals surface area contributed by atoms with Crippen LogP contribution in [-0.2, 0) is 15.9 Å². The van der Waals surface area contributed by atoms with Crippen molar-refractivity contribution < 1.29 is 33.6 Å². The van der Waals surface area contributed by atoms with Gasteiger partial charge in [-0.05, 0) is 44.5 Å². The van der Waals surface area contributed by atoms with Gasteiger partial charge in [0.15, 0.2) is 19.3 Å². The van der Waals surface area contributed by atoms with Gasteiger partial charge in [-0.15, -0.1) is 0 Å². The number of hydrogen-bond donors (Lipinski definition) is 2. The quantitative estimate of drug-likeness (QED) is 0.372. The maximum atomic E-state index is 13.0. The highest BCUT2D eigenvalue weighted by Crippen LogP contribution is 2.39. The lowest BCUT2D eigenvalue weighted by Crippen LogP contribution is -2.07. The SMILES string of the molecule is COCOc1ccc(-c2oc3c(CC=C(C)C)c(OCOC)cc(O)c3c(=O)c2O)cc1. The zero-order chi connectivity index (χ0) is 23.3. The van der Waals surface area contributed by atoms with Crippen molar-refractivity contribution in [3.63, 3.8) is 0 Å². The summed E-state index contributed by atoms with van der Waals surface area (Å²) >= 11 is 0. The van der Waals surface area contributed by atoms with E-state index in [-0.39, 0.29) is 36.1 Å². The summed E-state index contributed by atoms with van der Waals surface area (Å²) in [6.45, 7) is 3.93. The average molecular weight is 442 g/mol. The Morgan fingerprint density at radius 1 is 1.03 bits per heavy atom. The Labute approximate surface area is 185 Å². The topological polar surface area (TPSA) is 108 Å². The van der Waals surface area contributed by atoms with E-state index in [2.05, 4.69) is 0 Å². The van der Waals surface area contributed by atoms with Crippen LogP contribution in [0.3, 0.4) is 0 Å². The molecule has 0 aliphatic rings. The highest BCUT2D eigenvalue weighted by atomic mass is 16.7. The van der Waals surface area contributed by atoms with Crippen LogP contribution in [0.25, 0.3) is 22.3 Å². The van der Waals surface area contributed by atoms with Gasteiger partial charge in [-0.2, -0.15) is 0 Å². The summed E-state index contributed by atoms with van der Waals surface area (Å²) in [5, 5.41) is 21.0. The molecule has 3 rings (SSSR count). The average Bonchev–Trinajstić information content (AvgIpc) is 2.78. The molecule has 3 aromatic rings. The van der Waals surface area contributed by atoms with Gasteiger partial charge < -0.3 is 33.6 Å². The molecule has 0 radical (unpaired) electrons. The zero-order valence-corrected chi connectivity index (χ0v) is 18.4. The molecular formula is C24H26O8. The number of benzene rings is 2. The summed E-state index contributed by atoms with van der Waals surface area (Å²) in [5.74, 6) is -0.113. The number of aromatic hydroxyl groups is 2. The number of phenols is 1. The van der Waals surface area contributed by atoms with Gasteiger partial charge in [0.05, 0.1) is 0 Å². The highest BCUT2D eigenvalue weighted by Gasteiger charge is 2.23. The third-order valence-electron chi connectivity index (χ3n) is 4.69. The second-order valence-corrected chi connectivity index (χ2v) is 7.30.